The Bertz CT molecular complexity index is 349. The van der Waals surface area contributed by atoms with Crippen LogP contribution < -0.4 is 5.73 Å². The van der Waals surface area contributed by atoms with Crippen LogP contribution in [0.25, 0.3) is 0 Å². The number of nitrogens with two attached hydrogens (primary N) is 1. The molecule has 0 radical (unpaired) electrons. The molecule has 0 aromatic heterocycles. The zero-order chi connectivity index (χ0) is 11.5. The summed E-state index contributed by atoms with van der Waals surface area (Å²) in [5.74, 6) is 0. The minimum Gasteiger partial charge on any atom is -0.377 e. The van der Waals surface area contributed by atoms with Gasteiger partial charge in [0, 0.05) is 6.54 Å². The summed E-state index contributed by atoms with van der Waals surface area (Å²) in [5, 5.41) is 7.74. The number of rotatable bonds is 3. The Morgan fingerprint density at radius 3 is 2.87 bits per heavy atom. The minimum atomic E-state index is -3.61. The molecule has 0 aromatic rings. The van der Waals surface area contributed by atoms with Crippen molar-refractivity contribution in [2.45, 2.75) is 24.8 Å². The summed E-state index contributed by atoms with van der Waals surface area (Å²) < 4.78 is 30.1. The van der Waals surface area contributed by atoms with Crippen LogP contribution in [0, 0.1) is 11.3 Å². The molecule has 2 unspecified atom stereocenters. The van der Waals surface area contributed by atoms with Crippen LogP contribution in [0.15, 0.2) is 0 Å². The maximum absolute atomic E-state index is 11.9. The number of ether oxygens (including phenoxy) is 1. The quantitative estimate of drug-likeness (QED) is 0.690. The summed E-state index contributed by atoms with van der Waals surface area (Å²) >= 11 is 0. The number of nitriles is 1. The van der Waals surface area contributed by atoms with E-state index in [1.165, 1.54) is 0 Å². The van der Waals surface area contributed by atoms with Gasteiger partial charge < -0.3 is 10.5 Å². The van der Waals surface area contributed by atoms with E-state index in [9.17, 15) is 8.42 Å². The molecule has 1 aliphatic rings. The Kier molecular flexibility index (Phi) is 4.04. The van der Waals surface area contributed by atoms with Crippen LogP contribution >= 0.6 is 0 Å². The largest absolute Gasteiger partial charge is 0.377 e. The lowest BCUT2D eigenvalue weighted by Crippen LogP contribution is -2.55. The third-order valence-electron chi connectivity index (χ3n) is 2.32. The summed E-state index contributed by atoms with van der Waals surface area (Å²) in [6.45, 7) is 2.40. The maximum atomic E-state index is 11.9. The van der Waals surface area contributed by atoms with Crippen LogP contribution in [-0.2, 0) is 14.8 Å². The van der Waals surface area contributed by atoms with Crippen LogP contribution in [0.2, 0.25) is 0 Å². The number of hydrogen-bond acceptors (Lipinski definition) is 5. The minimum absolute atomic E-state index is 0.182. The standard InChI is InChI=1S/C8H15N3O3S/c1-2-7(5-9)15(12,13)11-3-4-14-6-8(11)10/h7-8H,2-4,6,10H2,1H3. The smallest absolute Gasteiger partial charge is 0.231 e. The molecule has 0 bridgehead atoms. The van der Waals surface area contributed by atoms with Crippen molar-refractivity contribution in [3.63, 3.8) is 0 Å². The molecule has 2 atom stereocenters. The SMILES string of the molecule is CCC(C#N)S(=O)(=O)N1CCOCC1N. The molecule has 0 spiro atoms. The van der Waals surface area contributed by atoms with E-state index < -0.39 is 21.4 Å². The second-order valence-corrected chi connectivity index (χ2v) is 5.39. The van der Waals surface area contributed by atoms with Crippen LogP contribution in [0.5, 0.6) is 0 Å². The van der Waals surface area contributed by atoms with Crippen molar-refractivity contribution in [3.8, 4) is 6.07 Å². The van der Waals surface area contributed by atoms with Gasteiger partial charge in [0.25, 0.3) is 0 Å². The van der Waals surface area contributed by atoms with Crippen LogP contribution in [0.4, 0.5) is 0 Å². The van der Waals surface area contributed by atoms with Gasteiger partial charge in [0.15, 0.2) is 5.25 Å². The van der Waals surface area contributed by atoms with E-state index in [0.29, 0.717) is 6.61 Å². The first-order valence-electron chi connectivity index (χ1n) is 4.77. The van der Waals surface area contributed by atoms with Gasteiger partial charge in [-0.2, -0.15) is 9.57 Å². The van der Waals surface area contributed by atoms with E-state index in [-0.39, 0.29) is 19.6 Å². The molecule has 1 aliphatic heterocycles. The zero-order valence-corrected chi connectivity index (χ0v) is 9.40. The molecule has 7 heteroatoms. The Morgan fingerprint density at radius 2 is 2.40 bits per heavy atom. The molecule has 0 saturated carbocycles. The summed E-state index contributed by atoms with van der Waals surface area (Å²) in [6.07, 6.45) is -0.408. The van der Waals surface area contributed by atoms with Crippen molar-refractivity contribution < 1.29 is 13.2 Å². The summed E-state index contributed by atoms with van der Waals surface area (Å²) in [5.41, 5.74) is 5.62. The Labute approximate surface area is 89.7 Å². The van der Waals surface area contributed by atoms with E-state index in [0.717, 1.165) is 4.31 Å². The molecule has 0 aromatic carbocycles. The van der Waals surface area contributed by atoms with Gasteiger partial charge in [-0.05, 0) is 6.42 Å². The van der Waals surface area contributed by atoms with Crippen LogP contribution in [-0.4, -0.2) is 43.9 Å². The van der Waals surface area contributed by atoms with Gasteiger partial charge in [0.05, 0.1) is 25.4 Å². The second-order valence-electron chi connectivity index (χ2n) is 3.32. The van der Waals surface area contributed by atoms with Gasteiger partial charge in [0.1, 0.15) is 0 Å². The highest BCUT2D eigenvalue weighted by Crippen LogP contribution is 2.15. The molecule has 1 fully saturated rings. The highest BCUT2D eigenvalue weighted by molar-refractivity contribution is 7.90. The molecule has 0 aliphatic carbocycles. The molecule has 2 N–H and O–H groups in total. The normalized spacial score (nSPS) is 25.8. The average molecular weight is 233 g/mol. The first kappa shape index (κ1) is 12.4. The number of morpholine rings is 1. The van der Waals surface area contributed by atoms with Crippen molar-refractivity contribution in [2.24, 2.45) is 5.73 Å². The lowest BCUT2D eigenvalue weighted by molar-refractivity contribution is 0.0347. The monoisotopic (exact) mass is 233 g/mol. The van der Waals surface area contributed by atoms with Gasteiger partial charge in [-0.15, -0.1) is 0 Å². The van der Waals surface area contributed by atoms with E-state index in [2.05, 4.69) is 0 Å². The molecular weight excluding hydrogens is 218 g/mol. The van der Waals surface area contributed by atoms with Crippen molar-refractivity contribution in [1.82, 2.24) is 4.31 Å². The first-order chi connectivity index (χ1) is 7.04. The Hall–Kier alpha value is -0.680. The van der Waals surface area contributed by atoms with E-state index >= 15 is 0 Å². The van der Waals surface area contributed by atoms with Gasteiger partial charge in [-0.25, -0.2) is 8.42 Å². The predicted octanol–water partition coefficient (Wildman–Crippen LogP) is -0.765. The highest BCUT2D eigenvalue weighted by Gasteiger charge is 2.36. The maximum Gasteiger partial charge on any atom is 0.231 e. The van der Waals surface area contributed by atoms with Gasteiger partial charge in [-0.1, -0.05) is 6.92 Å². The molecule has 0 amide bonds. The molecule has 1 heterocycles. The van der Waals surface area contributed by atoms with Crippen LogP contribution in [0.1, 0.15) is 13.3 Å². The molecular formula is C8H15N3O3S. The summed E-state index contributed by atoms with van der Waals surface area (Å²) in [7, 11) is -3.61. The molecule has 6 nitrogen and oxygen atoms in total. The van der Waals surface area contributed by atoms with Crippen molar-refractivity contribution in [3.05, 3.63) is 0 Å². The number of sulfonamides is 1. The first-order valence-corrected chi connectivity index (χ1v) is 6.28. The van der Waals surface area contributed by atoms with Gasteiger partial charge >= 0.3 is 0 Å². The summed E-state index contributed by atoms with van der Waals surface area (Å²) in [6, 6.07) is 1.78. The Balaban J connectivity index is 2.89. The average Bonchev–Trinajstić information content (AvgIpc) is 2.19. The summed E-state index contributed by atoms with van der Waals surface area (Å²) in [4.78, 5) is 0. The highest BCUT2D eigenvalue weighted by atomic mass is 32.2. The van der Waals surface area contributed by atoms with Crippen molar-refractivity contribution in [1.29, 1.82) is 5.26 Å². The number of hydrogen-bond donors (Lipinski definition) is 1. The lowest BCUT2D eigenvalue weighted by atomic mass is 10.4. The van der Waals surface area contributed by atoms with E-state index in [1.54, 1.807) is 13.0 Å². The topological polar surface area (TPSA) is 96.4 Å². The fourth-order valence-corrected chi connectivity index (χ4v) is 3.10. The zero-order valence-electron chi connectivity index (χ0n) is 8.59. The molecule has 86 valence electrons. The van der Waals surface area contributed by atoms with Crippen molar-refractivity contribution in [2.75, 3.05) is 19.8 Å². The molecule has 15 heavy (non-hydrogen) atoms. The number of nitrogens with zero attached hydrogens (tertiary/aromatic N) is 2. The van der Waals surface area contributed by atoms with Crippen LogP contribution in [0.3, 0.4) is 0 Å². The second kappa shape index (κ2) is 4.90. The van der Waals surface area contributed by atoms with E-state index in [4.69, 9.17) is 15.7 Å². The predicted molar refractivity (Wildman–Crippen MR) is 54.1 cm³/mol. The van der Waals surface area contributed by atoms with Gasteiger partial charge in [0.2, 0.25) is 10.0 Å². The Morgan fingerprint density at radius 1 is 1.73 bits per heavy atom. The van der Waals surface area contributed by atoms with E-state index in [1.807, 2.05) is 0 Å². The third-order valence-corrected chi connectivity index (χ3v) is 4.58. The fraction of sp³-hybridized carbons (Fsp3) is 0.875. The lowest BCUT2D eigenvalue weighted by Gasteiger charge is -2.32. The fourth-order valence-electron chi connectivity index (χ4n) is 1.46. The molecule has 1 rings (SSSR count). The third kappa shape index (κ3) is 2.46. The molecule has 1 saturated heterocycles. The van der Waals surface area contributed by atoms with Crippen molar-refractivity contribution >= 4 is 10.0 Å². The van der Waals surface area contributed by atoms with Gasteiger partial charge in [-0.3, -0.25) is 0 Å².